The number of halogens is 2. The molecule has 1 saturated heterocycles. The smallest absolute Gasteiger partial charge is 0.258 e. The van der Waals surface area contributed by atoms with Crippen LogP contribution in [0.25, 0.3) is 16.6 Å². The Morgan fingerprint density at radius 3 is 2.80 bits per heavy atom. The van der Waals surface area contributed by atoms with Crippen LogP contribution in [-0.2, 0) is 20.1 Å². The molecular formula is C27H28Cl2N4O2. The third-order valence-electron chi connectivity index (χ3n) is 7.26. The third-order valence-corrected chi connectivity index (χ3v) is 7.48. The summed E-state index contributed by atoms with van der Waals surface area (Å²) in [4.78, 5) is 19.8. The summed E-state index contributed by atoms with van der Waals surface area (Å²) in [6.45, 7) is 2.62. The van der Waals surface area contributed by atoms with Gasteiger partial charge in [0, 0.05) is 43.1 Å². The van der Waals surface area contributed by atoms with Crippen LogP contribution in [-0.4, -0.2) is 32.1 Å². The molecule has 35 heavy (non-hydrogen) atoms. The highest BCUT2D eigenvalue weighted by molar-refractivity contribution is 6.30. The van der Waals surface area contributed by atoms with Crippen LogP contribution in [0.1, 0.15) is 42.3 Å². The lowest BCUT2D eigenvalue weighted by atomic mass is 9.91. The number of nitrogens with zero attached hydrogens (tertiary/aromatic N) is 4. The van der Waals surface area contributed by atoms with Gasteiger partial charge in [0.2, 0.25) is 0 Å². The average Bonchev–Trinajstić information content (AvgIpc) is 3.15. The predicted molar refractivity (Wildman–Crippen MR) is 141 cm³/mol. The molecule has 0 spiro atoms. The zero-order valence-electron chi connectivity index (χ0n) is 19.6. The van der Waals surface area contributed by atoms with Crippen molar-refractivity contribution in [1.82, 2.24) is 19.0 Å². The second-order valence-corrected chi connectivity index (χ2v) is 9.69. The Hall–Kier alpha value is -2.80. The number of pyridine rings is 2. The second kappa shape index (κ2) is 9.69. The molecule has 4 aromatic rings. The van der Waals surface area contributed by atoms with E-state index in [0.717, 1.165) is 24.3 Å². The standard InChI is InChI=1S/C27H27ClN4O2.ClH/c1-30-25-14-20(7-8-22(25)23-10-12-31-11-3-2-4-24(31)27(23)30)32-13-9-21(15-26(32)33)34-17-19-6-5-18(28)16-29-19;/h5-9,13-16,24H,2-4,10-12,17H2,1H3;1H. The molecule has 0 aliphatic carbocycles. The summed E-state index contributed by atoms with van der Waals surface area (Å²) in [7, 11) is 2.17. The molecule has 3 aromatic heterocycles. The van der Waals surface area contributed by atoms with E-state index >= 15 is 0 Å². The molecule has 8 heteroatoms. The Labute approximate surface area is 215 Å². The Kier molecular flexibility index (Phi) is 6.62. The summed E-state index contributed by atoms with van der Waals surface area (Å²) in [5.41, 5.74) is 5.63. The molecular weight excluding hydrogens is 483 g/mol. The van der Waals surface area contributed by atoms with Crippen molar-refractivity contribution in [2.75, 3.05) is 13.1 Å². The number of rotatable bonds is 4. The van der Waals surface area contributed by atoms with Gasteiger partial charge in [-0.1, -0.05) is 24.1 Å². The lowest BCUT2D eigenvalue weighted by Crippen LogP contribution is -2.39. The van der Waals surface area contributed by atoms with E-state index in [1.807, 2.05) is 12.1 Å². The predicted octanol–water partition coefficient (Wildman–Crippen LogP) is 5.46. The van der Waals surface area contributed by atoms with Crippen molar-refractivity contribution < 1.29 is 4.74 Å². The van der Waals surface area contributed by atoms with E-state index in [0.29, 0.717) is 16.8 Å². The minimum atomic E-state index is -0.127. The van der Waals surface area contributed by atoms with Gasteiger partial charge in [-0.15, -0.1) is 12.4 Å². The molecule has 182 valence electrons. The monoisotopic (exact) mass is 510 g/mol. The van der Waals surface area contributed by atoms with Crippen molar-refractivity contribution in [3.8, 4) is 11.4 Å². The molecule has 2 aliphatic heterocycles. The summed E-state index contributed by atoms with van der Waals surface area (Å²) >= 11 is 5.88. The summed E-state index contributed by atoms with van der Waals surface area (Å²) in [5, 5.41) is 1.90. The number of benzene rings is 1. The molecule has 0 radical (unpaired) electrons. The highest BCUT2D eigenvalue weighted by atomic mass is 35.5. The van der Waals surface area contributed by atoms with E-state index in [4.69, 9.17) is 16.3 Å². The number of hydrogen-bond acceptors (Lipinski definition) is 4. The molecule has 2 aliphatic rings. The highest BCUT2D eigenvalue weighted by Gasteiger charge is 2.33. The lowest BCUT2D eigenvalue weighted by molar-refractivity contribution is 0.133. The quantitative estimate of drug-likeness (QED) is 0.365. The molecule has 5 heterocycles. The zero-order chi connectivity index (χ0) is 23.2. The van der Waals surface area contributed by atoms with E-state index in [-0.39, 0.29) is 24.6 Å². The van der Waals surface area contributed by atoms with Crippen LogP contribution < -0.4 is 10.3 Å². The number of hydrogen-bond donors (Lipinski definition) is 0. The maximum absolute atomic E-state index is 12.9. The van der Waals surface area contributed by atoms with Crippen molar-refractivity contribution in [3.05, 3.63) is 87.2 Å². The van der Waals surface area contributed by atoms with Crippen LogP contribution in [0.2, 0.25) is 5.02 Å². The Bertz CT molecular complexity index is 1430. The van der Waals surface area contributed by atoms with E-state index in [9.17, 15) is 4.79 Å². The van der Waals surface area contributed by atoms with Gasteiger partial charge < -0.3 is 9.30 Å². The first kappa shape index (κ1) is 23.9. The summed E-state index contributed by atoms with van der Waals surface area (Å²) in [6, 6.07) is 13.8. The van der Waals surface area contributed by atoms with Crippen molar-refractivity contribution in [2.24, 2.45) is 7.05 Å². The van der Waals surface area contributed by atoms with Gasteiger partial charge in [-0.05, 0) is 61.7 Å². The summed E-state index contributed by atoms with van der Waals surface area (Å²) < 4.78 is 9.80. The highest BCUT2D eigenvalue weighted by Crippen LogP contribution is 2.41. The molecule has 1 atom stereocenters. The Morgan fingerprint density at radius 1 is 1.11 bits per heavy atom. The lowest BCUT2D eigenvalue weighted by Gasteiger charge is -2.40. The maximum Gasteiger partial charge on any atom is 0.258 e. The maximum atomic E-state index is 12.9. The Morgan fingerprint density at radius 2 is 2.00 bits per heavy atom. The van der Waals surface area contributed by atoms with E-state index < -0.39 is 0 Å². The molecule has 1 aromatic carbocycles. The van der Waals surface area contributed by atoms with Gasteiger partial charge >= 0.3 is 0 Å². The number of fused-ring (bicyclic) bond motifs is 5. The first-order valence-corrected chi connectivity index (χ1v) is 12.3. The number of piperidine rings is 1. The summed E-state index contributed by atoms with van der Waals surface area (Å²) in [5.74, 6) is 0.519. The molecule has 6 nitrogen and oxygen atoms in total. The molecule has 0 saturated carbocycles. The van der Waals surface area contributed by atoms with Crippen LogP contribution >= 0.6 is 24.0 Å². The van der Waals surface area contributed by atoms with Crippen molar-refractivity contribution >= 4 is 34.9 Å². The van der Waals surface area contributed by atoms with E-state index in [1.165, 1.54) is 54.0 Å². The molecule has 0 bridgehead atoms. The molecule has 0 amide bonds. The zero-order valence-corrected chi connectivity index (χ0v) is 21.2. The van der Waals surface area contributed by atoms with E-state index in [2.05, 4.69) is 39.7 Å². The fourth-order valence-electron chi connectivity index (χ4n) is 5.60. The van der Waals surface area contributed by atoms with Crippen molar-refractivity contribution in [3.63, 3.8) is 0 Å². The molecule has 0 N–H and O–H groups in total. The largest absolute Gasteiger partial charge is 0.487 e. The fourth-order valence-corrected chi connectivity index (χ4v) is 5.71. The number of aryl methyl sites for hydroxylation is 1. The van der Waals surface area contributed by atoms with E-state index in [1.54, 1.807) is 23.0 Å². The van der Waals surface area contributed by atoms with Gasteiger partial charge in [-0.2, -0.15) is 0 Å². The van der Waals surface area contributed by atoms with Gasteiger partial charge in [0.05, 0.1) is 28.0 Å². The normalized spacial score (nSPS) is 17.5. The van der Waals surface area contributed by atoms with Crippen LogP contribution in [0.15, 0.2) is 59.7 Å². The van der Waals surface area contributed by atoms with Gasteiger partial charge in [0.25, 0.3) is 5.56 Å². The van der Waals surface area contributed by atoms with Gasteiger partial charge in [-0.3, -0.25) is 19.2 Å². The number of aromatic nitrogens is 3. The van der Waals surface area contributed by atoms with Gasteiger partial charge in [0.15, 0.2) is 0 Å². The topological polar surface area (TPSA) is 52.3 Å². The fraction of sp³-hybridized carbons (Fsp3) is 0.333. The van der Waals surface area contributed by atoms with Gasteiger partial charge in [0.1, 0.15) is 12.4 Å². The third kappa shape index (κ3) is 4.35. The van der Waals surface area contributed by atoms with Gasteiger partial charge in [-0.25, -0.2) is 0 Å². The van der Waals surface area contributed by atoms with Crippen LogP contribution in [0.5, 0.6) is 5.75 Å². The minimum absolute atomic E-state index is 0. The SMILES string of the molecule is Cl.Cn1c2c(c3ccc(-n4ccc(OCc5ccc(Cl)cn5)cc4=O)cc31)CCN1CCCCC21. The first-order valence-electron chi connectivity index (χ1n) is 11.9. The first-order chi connectivity index (χ1) is 16.6. The van der Waals surface area contributed by atoms with Crippen molar-refractivity contribution in [2.45, 2.75) is 38.3 Å². The molecule has 1 unspecified atom stereocenters. The molecule has 1 fully saturated rings. The van der Waals surface area contributed by atoms with Crippen LogP contribution in [0, 0.1) is 0 Å². The Balaban J connectivity index is 0.00000253. The van der Waals surface area contributed by atoms with Crippen LogP contribution in [0.3, 0.4) is 0 Å². The minimum Gasteiger partial charge on any atom is -0.487 e. The average molecular weight is 511 g/mol. The second-order valence-electron chi connectivity index (χ2n) is 9.25. The summed E-state index contributed by atoms with van der Waals surface area (Å²) in [6.07, 6.45) is 8.29. The number of ether oxygens (including phenoxy) is 1. The van der Waals surface area contributed by atoms with Crippen molar-refractivity contribution in [1.29, 1.82) is 0 Å². The van der Waals surface area contributed by atoms with Crippen LogP contribution in [0.4, 0.5) is 0 Å². The molecule has 6 rings (SSSR count).